The highest BCUT2D eigenvalue weighted by Gasteiger charge is 2.16. The van der Waals surface area contributed by atoms with Crippen molar-refractivity contribution < 1.29 is 0 Å². The molecule has 10 rings (SSSR count). The molecule has 3 nitrogen and oxygen atoms in total. The van der Waals surface area contributed by atoms with Gasteiger partial charge in [0.25, 0.3) is 0 Å². The van der Waals surface area contributed by atoms with E-state index >= 15 is 0 Å². The van der Waals surface area contributed by atoms with Gasteiger partial charge in [-0.25, -0.2) is 9.97 Å². The van der Waals surface area contributed by atoms with Crippen LogP contribution in [0.15, 0.2) is 127 Å². The van der Waals surface area contributed by atoms with Gasteiger partial charge in [-0.15, -0.1) is 0 Å². The predicted octanol–water partition coefficient (Wildman–Crippen LogP) is 8.65. The van der Waals surface area contributed by atoms with Crippen molar-refractivity contribution in [1.29, 1.82) is 0 Å². The molecular formula is C41H25N3. The Balaban J connectivity index is 1.20. The Labute approximate surface area is 252 Å². The van der Waals surface area contributed by atoms with E-state index in [9.17, 15) is 0 Å². The number of rotatable bonds is 2. The van der Waals surface area contributed by atoms with Crippen molar-refractivity contribution in [3.8, 4) is 11.3 Å². The molecule has 44 heavy (non-hydrogen) atoms. The molecule has 1 aliphatic rings. The van der Waals surface area contributed by atoms with Crippen molar-refractivity contribution in [3.63, 3.8) is 0 Å². The lowest BCUT2D eigenvalue weighted by Gasteiger charge is -2.14. The fraction of sp³-hybridized carbons (Fsp3) is 0.0244. The molecule has 3 heterocycles. The summed E-state index contributed by atoms with van der Waals surface area (Å²) in [5, 5.41) is 11.3. The van der Waals surface area contributed by atoms with Crippen molar-refractivity contribution in [3.05, 3.63) is 144 Å². The topological polar surface area (TPSA) is 30.2 Å². The number of benzene rings is 6. The zero-order valence-electron chi connectivity index (χ0n) is 23.8. The zero-order valence-corrected chi connectivity index (χ0v) is 23.8. The van der Waals surface area contributed by atoms with Crippen molar-refractivity contribution in [2.24, 2.45) is 0 Å². The number of pyridine rings is 2. The zero-order chi connectivity index (χ0) is 28.8. The molecule has 0 atom stereocenters. The minimum atomic E-state index is 0.823. The molecule has 0 saturated heterocycles. The standard InChI is InChI=1S/C41H25N3/c1-3-16-37-31(11-1)29-12-6-10-28(24-33(29)41-43-36-13-2-4-17-38(36)44(37)41)34-14-7-15-35(42-34)30-22-20-27-19-18-25-8-5-9-26-21-23-32(30)40(27)39(25)26/h1-5,7-24H,6H2. The van der Waals surface area contributed by atoms with E-state index in [0.717, 1.165) is 50.8 Å². The van der Waals surface area contributed by atoms with Gasteiger partial charge in [0, 0.05) is 16.2 Å². The van der Waals surface area contributed by atoms with Gasteiger partial charge in [-0.3, -0.25) is 4.40 Å². The van der Waals surface area contributed by atoms with Crippen LogP contribution in [0.2, 0.25) is 0 Å². The maximum Gasteiger partial charge on any atom is 0.146 e. The van der Waals surface area contributed by atoms with Gasteiger partial charge in [0.05, 0.1) is 27.9 Å². The summed E-state index contributed by atoms with van der Waals surface area (Å²) in [5.74, 6) is 0. The van der Waals surface area contributed by atoms with E-state index < -0.39 is 0 Å². The smallest absolute Gasteiger partial charge is 0.146 e. The highest BCUT2D eigenvalue weighted by atomic mass is 15.0. The second kappa shape index (κ2) is 8.85. The largest absolute Gasteiger partial charge is 0.292 e. The summed E-state index contributed by atoms with van der Waals surface area (Å²) in [4.78, 5) is 10.5. The van der Waals surface area contributed by atoms with Crippen molar-refractivity contribution in [1.82, 2.24) is 14.4 Å². The van der Waals surface area contributed by atoms with Crippen LogP contribution in [0.25, 0.3) is 88.9 Å². The maximum absolute atomic E-state index is 5.31. The summed E-state index contributed by atoms with van der Waals surface area (Å²) < 4.78 is 2.31. The van der Waals surface area contributed by atoms with Crippen molar-refractivity contribution in [2.45, 2.75) is 6.42 Å². The third kappa shape index (κ3) is 3.27. The fourth-order valence-corrected chi connectivity index (χ4v) is 7.38. The molecule has 3 heteroatoms. The first-order valence-corrected chi connectivity index (χ1v) is 15.2. The second-order valence-electron chi connectivity index (χ2n) is 11.7. The number of para-hydroxylation sites is 3. The summed E-state index contributed by atoms with van der Waals surface area (Å²) in [6.07, 6.45) is 7.75. The lowest BCUT2D eigenvalue weighted by atomic mass is 9.91. The molecule has 9 aromatic rings. The van der Waals surface area contributed by atoms with Crippen LogP contribution in [0.3, 0.4) is 0 Å². The van der Waals surface area contributed by atoms with Crippen molar-refractivity contribution >= 4 is 77.6 Å². The molecule has 0 unspecified atom stereocenters. The van der Waals surface area contributed by atoms with E-state index in [4.69, 9.17) is 9.97 Å². The average Bonchev–Trinajstić information content (AvgIpc) is 3.33. The summed E-state index contributed by atoms with van der Waals surface area (Å²) in [7, 11) is 0. The average molecular weight is 560 g/mol. The molecule has 1 aliphatic carbocycles. The Bertz CT molecular complexity index is 2780. The quantitative estimate of drug-likeness (QED) is 0.198. The van der Waals surface area contributed by atoms with Crippen molar-refractivity contribution in [2.75, 3.05) is 0 Å². The molecule has 0 fully saturated rings. The molecule has 3 aromatic heterocycles. The SMILES string of the molecule is C1=C(c2cccc(-c3ccc4ccc5cccc6ccc3c4c56)n2)C=c2c(c3ccccc3n3c2nc2ccccc23)=CC1. The summed E-state index contributed by atoms with van der Waals surface area (Å²) in [6, 6.07) is 43.5. The minimum absolute atomic E-state index is 0.823. The van der Waals surface area contributed by atoms with Gasteiger partial charge in [0.15, 0.2) is 0 Å². The lowest BCUT2D eigenvalue weighted by molar-refractivity contribution is 1.26. The number of fused-ring (bicyclic) bond motifs is 8. The first-order chi connectivity index (χ1) is 21.8. The van der Waals surface area contributed by atoms with Crippen LogP contribution in [0.5, 0.6) is 0 Å². The third-order valence-electron chi connectivity index (χ3n) is 9.34. The Morgan fingerprint density at radius 2 is 1.23 bits per heavy atom. The highest BCUT2D eigenvalue weighted by Crippen LogP contribution is 2.39. The highest BCUT2D eigenvalue weighted by molar-refractivity contribution is 6.25. The van der Waals surface area contributed by atoms with Gasteiger partial charge in [0.1, 0.15) is 5.65 Å². The molecule has 0 radical (unpaired) electrons. The van der Waals surface area contributed by atoms with E-state index in [1.807, 2.05) is 0 Å². The molecular weight excluding hydrogens is 534 g/mol. The van der Waals surface area contributed by atoms with E-state index in [-0.39, 0.29) is 0 Å². The fourth-order valence-electron chi connectivity index (χ4n) is 7.38. The first-order valence-electron chi connectivity index (χ1n) is 15.2. The van der Waals surface area contributed by atoms with Gasteiger partial charge in [-0.05, 0) is 85.9 Å². The van der Waals surface area contributed by atoms with E-state index in [0.29, 0.717) is 0 Å². The van der Waals surface area contributed by atoms with Crippen LogP contribution >= 0.6 is 0 Å². The molecule has 0 saturated carbocycles. The van der Waals surface area contributed by atoms with Crippen LogP contribution in [0.4, 0.5) is 0 Å². The van der Waals surface area contributed by atoms with Gasteiger partial charge in [-0.1, -0.05) is 103 Å². The van der Waals surface area contributed by atoms with Crippen LogP contribution in [-0.2, 0) is 0 Å². The van der Waals surface area contributed by atoms with Gasteiger partial charge in [-0.2, -0.15) is 0 Å². The Kier molecular flexibility index (Phi) is 4.77. The summed E-state index contributed by atoms with van der Waals surface area (Å²) in [6.45, 7) is 0. The van der Waals surface area contributed by atoms with Crippen LogP contribution in [-0.4, -0.2) is 14.4 Å². The molecule has 0 N–H and O–H groups in total. The molecule has 0 amide bonds. The number of allylic oxidation sites excluding steroid dienone is 2. The maximum atomic E-state index is 5.31. The van der Waals surface area contributed by atoms with E-state index in [1.165, 1.54) is 48.4 Å². The minimum Gasteiger partial charge on any atom is -0.292 e. The molecule has 0 bridgehead atoms. The summed E-state index contributed by atoms with van der Waals surface area (Å²) in [5.41, 5.74) is 8.51. The lowest BCUT2D eigenvalue weighted by Crippen LogP contribution is -2.28. The van der Waals surface area contributed by atoms with Crippen LogP contribution in [0.1, 0.15) is 12.1 Å². The van der Waals surface area contributed by atoms with Crippen LogP contribution < -0.4 is 10.4 Å². The van der Waals surface area contributed by atoms with Gasteiger partial charge >= 0.3 is 0 Å². The number of aromatic nitrogens is 3. The normalized spacial score (nSPS) is 13.4. The van der Waals surface area contributed by atoms with Crippen LogP contribution in [0, 0.1) is 0 Å². The Morgan fingerprint density at radius 3 is 2.14 bits per heavy atom. The van der Waals surface area contributed by atoms with E-state index in [1.54, 1.807) is 0 Å². The monoisotopic (exact) mass is 559 g/mol. The van der Waals surface area contributed by atoms with Gasteiger partial charge < -0.3 is 0 Å². The predicted molar refractivity (Wildman–Crippen MR) is 184 cm³/mol. The first kappa shape index (κ1) is 23.7. The van der Waals surface area contributed by atoms with Gasteiger partial charge in [0.2, 0.25) is 0 Å². The summed E-state index contributed by atoms with van der Waals surface area (Å²) >= 11 is 0. The molecule has 0 spiro atoms. The number of imidazole rings is 1. The molecule has 6 aromatic carbocycles. The molecule has 204 valence electrons. The van der Waals surface area contributed by atoms with E-state index in [2.05, 4.69) is 144 Å². The Morgan fingerprint density at radius 1 is 0.500 bits per heavy atom. The number of nitrogens with zero attached hydrogens (tertiary/aromatic N) is 3. The third-order valence-corrected chi connectivity index (χ3v) is 9.34. The Hall–Kier alpha value is -5.80. The second-order valence-corrected chi connectivity index (χ2v) is 11.7. The number of hydrogen-bond donors (Lipinski definition) is 0. The number of hydrogen-bond acceptors (Lipinski definition) is 2. The molecule has 0 aliphatic heterocycles.